The van der Waals surface area contributed by atoms with Crippen LogP contribution in [0.25, 0.3) is 0 Å². The predicted octanol–water partition coefficient (Wildman–Crippen LogP) is 10.6. The minimum Gasteiger partial charge on any atom is -0.449 e. The zero-order valence-corrected chi connectivity index (χ0v) is 29.9. The van der Waals surface area contributed by atoms with Crippen molar-refractivity contribution >= 4 is 29.3 Å². The van der Waals surface area contributed by atoms with Crippen molar-refractivity contribution < 1.29 is 19.1 Å². The molecule has 0 radical (unpaired) electrons. The molecule has 0 aliphatic carbocycles. The summed E-state index contributed by atoms with van der Waals surface area (Å²) in [5.41, 5.74) is 2.37. The quantitative estimate of drug-likeness (QED) is 0.0736. The van der Waals surface area contributed by atoms with Gasteiger partial charge in [0.05, 0.1) is 6.61 Å². The molecular formula is C40H63N3O4. The maximum Gasteiger partial charge on any atom is 0.411 e. The van der Waals surface area contributed by atoms with Crippen molar-refractivity contribution in [1.29, 1.82) is 0 Å². The fourth-order valence-electron chi connectivity index (χ4n) is 5.47. The summed E-state index contributed by atoms with van der Waals surface area (Å²) in [4.78, 5) is 37.3. The molecule has 3 amide bonds. The second-order valence-electron chi connectivity index (χ2n) is 13.5. The minimum absolute atomic E-state index is 0.282. The molecule has 0 aliphatic rings. The number of amides is 3. The van der Waals surface area contributed by atoms with E-state index in [1.54, 1.807) is 13.8 Å². The van der Waals surface area contributed by atoms with E-state index >= 15 is 0 Å². The van der Waals surface area contributed by atoms with Crippen molar-refractivity contribution in [3.63, 3.8) is 0 Å². The van der Waals surface area contributed by atoms with Crippen LogP contribution in [-0.2, 0) is 20.7 Å². The molecule has 2 rings (SSSR count). The van der Waals surface area contributed by atoms with Gasteiger partial charge >= 0.3 is 6.09 Å². The van der Waals surface area contributed by atoms with Crippen molar-refractivity contribution in [3.8, 4) is 0 Å². The largest absolute Gasteiger partial charge is 0.449 e. The summed E-state index contributed by atoms with van der Waals surface area (Å²) in [6.45, 7) is 8.49. The van der Waals surface area contributed by atoms with Crippen molar-refractivity contribution in [2.24, 2.45) is 5.41 Å². The molecule has 0 saturated heterocycles. The van der Waals surface area contributed by atoms with E-state index < -0.39 is 11.5 Å². The number of benzene rings is 2. The maximum atomic E-state index is 12.7. The maximum absolute atomic E-state index is 12.7. The minimum atomic E-state index is -1.17. The molecule has 47 heavy (non-hydrogen) atoms. The molecule has 0 aromatic heterocycles. The number of hydrogen-bond donors (Lipinski definition) is 3. The Morgan fingerprint density at radius 2 is 0.979 bits per heavy atom. The lowest BCUT2D eigenvalue weighted by Crippen LogP contribution is -2.45. The number of anilines is 2. The summed E-state index contributed by atoms with van der Waals surface area (Å²) >= 11 is 0. The molecule has 0 bridgehead atoms. The molecule has 2 aromatic carbocycles. The van der Waals surface area contributed by atoms with Crippen LogP contribution in [0.4, 0.5) is 16.2 Å². The van der Waals surface area contributed by atoms with Crippen LogP contribution in [-0.4, -0.2) is 31.1 Å². The third-order valence-corrected chi connectivity index (χ3v) is 8.72. The lowest BCUT2D eigenvalue weighted by Gasteiger charge is -2.22. The van der Waals surface area contributed by atoms with Crippen LogP contribution in [0.2, 0.25) is 0 Å². The number of nitrogens with one attached hydrogen (secondary N) is 3. The van der Waals surface area contributed by atoms with E-state index in [1.165, 1.54) is 89.9 Å². The number of unbranched alkanes of at least 4 members (excludes halogenated alkanes) is 15. The Hall–Kier alpha value is -3.35. The van der Waals surface area contributed by atoms with E-state index in [0.717, 1.165) is 30.4 Å². The zero-order chi connectivity index (χ0) is 34.2. The van der Waals surface area contributed by atoms with Crippen molar-refractivity contribution in [2.45, 2.75) is 143 Å². The second kappa shape index (κ2) is 23.9. The van der Waals surface area contributed by atoms with Gasteiger partial charge in [-0.05, 0) is 68.5 Å². The third kappa shape index (κ3) is 17.4. The number of carbonyl (C=O) groups excluding carboxylic acids is 3. The van der Waals surface area contributed by atoms with Gasteiger partial charge < -0.3 is 15.4 Å². The molecule has 7 heteroatoms. The zero-order valence-electron chi connectivity index (χ0n) is 29.9. The summed E-state index contributed by atoms with van der Waals surface area (Å²) in [5, 5.41) is 8.45. The smallest absolute Gasteiger partial charge is 0.411 e. The summed E-state index contributed by atoms with van der Waals surface area (Å²) < 4.78 is 5.38. The molecule has 0 saturated carbocycles. The molecular weight excluding hydrogens is 586 g/mol. The first-order valence-corrected chi connectivity index (χ1v) is 18.5. The van der Waals surface area contributed by atoms with Gasteiger partial charge in [0.25, 0.3) is 0 Å². The first-order valence-electron chi connectivity index (χ1n) is 18.5. The van der Waals surface area contributed by atoms with Crippen LogP contribution < -0.4 is 16.0 Å². The number of ether oxygens (including phenoxy) is 1. The molecule has 0 spiro atoms. The van der Waals surface area contributed by atoms with Crippen LogP contribution in [0.1, 0.15) is 148 Å². The van der Waals surface area contributed by atoms with Crippen molar-refractivity contribution in [3.05, 3.63) is 59.7 Å². The van der Waals surface area contributed by atoms with Gasteiger partial charge in [-0.15, -0.1) is 0 Å². The average Bonchev–Trinajstić information content (AvgIpc) is 3.06. The highest BCUT2D eigenvalue weighted by molar-refractivity contribution is 6.09. The highest BCUT2D eigenvalue weighted by Gasteiger charge is 2.35. The van der Waals surface area contributed by atoms with Gasteiger partial charge in [0.2, 0.25) is 11.8 Å². The Morgan fingerprint density at radius 3 is 1.43 bits per heavy atom. The van der Waals surface area contributed by atoms with Crippen molar-refractivity contribution in [2.75, 3.05) is 23.8 Å². The van der Waals surface area contributed by atoms with Crippen LogP contribution in [0.15, 0.2) is 48.5 Å². The molecule has 0 heterocycles. The fraction of sp³-hybridized carbons (Fsp3) is 0.625. The van der Waals surface area contributed by atoms with Gasteiger partial charge in [0.1, 0.15) is 5.41 Å². The Kier molecular flexibility index (Phi) is 20.2. The van der Waals surface area contributed by atoms with Crippen LogP contribution in [0.3, 0.4) is 0 Å². The summed E-state index contributed by atoms with van der Waals surface area (Å²) in [5.74, 6) is -0.624. The Balaban J connectivity index is 1.54. The molecule has 0 aliphatic heterocycles. The summed E-state index contributed by atoms with van der Waals surface area (Å²) in [6.07, 6.45) is 22.2. The molecule has 3 N–H and O–H groups in total. The Morgan fingerprint density at radius 1 is 0.553 bits per heavy atom. The SMILES string of the molecule is CCCCCCCCCCCCCCCCCCOC(=O)Nc1ccc(Cc2ccc(NC(=O)C(C)(C)C(=O)NCCC)cc2)cc1. The van der Waals surface area contributed by atoms with E-state index in [2.05, 4.69) is 22.9 Å². The van der Waals surface area contributed by atoms with E-state index in [4.69, 9.17) is 4.74 Å². The summed E-state index contributed by atoms with van der Waals surface area (Å²) in [7, 11) is 0. The molecule has 0 fully saturated rings. The molecule has 2 aromatic rings. The monoisotopic (exact) mass is 649 g/mol. The highest BCUT2D eigenvalue weighted by atomic mass is 16.5. The average molecular weight is 650 g/mol. The number of carbonyl (C=O) groups is 3. The fourth-order valence-corrected chi connectivity index (χ4v) is 5.47. The van der Waals surface area contributed by atoms with Gasteiger partial charge in [0.15, 0.2) is 0 Å². The first-order chi connectivity index (χ1) is 22.8. The topological polar surface area (TPSA) is 96.5 Å². The Labute approximate surface area is 285 Å². The summed E-state index contributed by atoms with van der Waals surface area (Å²) in [6, 6.07) is 15.3. The molecule has 0 unspecified atom stereocenters. The Bertz CT molecular complexity index is 1150. The van der Waals surface area contributed by atoms with Crippen LogP contribution in [0.5, 0.6) is 0 Å². The third-order valence-electron chi connectivity index (χ3n) is 8.72. The number of hydrogen-bond acceptors (Lipinski definition) is 4. The lowest BCUT2D eigenvalue weighted by atomic mass is 9.91. The van der Waals surface area contributed by atoms with Gasteiger partial charge in [-0.25, -0.2) is 4.79 Å². The van der Waals surface area contributed by atoms with Gasteiger partial charge in [0, 0.05) is 17.9 Å². The second-order valence-corrected chi connectivity index (χ2v) is 13.5. The van der Waals surface area contributed by atoms with Gasteiger partial charge in [-0.3, -0.25) is 14.9 Å². The van der Waals surface area contributed by atoms with E-state index in [9.17, 15) is 14.4 Å². The van der Waals surface area contributed by atoms with E-state index in [-0.39, 0.29) is 11.8 Å². The molecule has 0 atom stereocenters. The van der Waals surface area contributed by atoms with Gasteiger partial charge in [-0.2, -0.15) is 0 Å². The van der Waals surface area contributed by atoms with Crippen LogP contribution >= 0.6 is 0 Å². The standard InChI is InChI=1S/C40H63N3O4/c1-5-7-8-9-10-11-12-13-14-15-16-17-18-19-20-21-31-47-39(46)43-36-28-24-34(25-29-36)32-33-22-26-35(27-23-33)42-38(45)40(3,4)37(44)41-30-6-2/h22-29H,5-21,30-32H2,1-4H3,(H,41,44)(H,42,45)(H,43,46). The normalized spacial score (nSPS) is 11.2. The first kappa shape index (κ1) is 39.8. The number of rotatable bonds is 25. The van der Waals surface area contributed by atoms with E-state index in [0.29, 0.717) is 30.9 Å². The van der Waals surface area contributed by atoms with Crippen molar-refractivity contribution in [1.82, 2.24) is 5.32 Å². The lowest BCUT2D eigenvalue weighted by molar-refractivity contribution is -0.138. The van der Waals surface area contributed by atoms with E-state index in [1.807, 2.05) is 55.5 Å². The predicted molar refractivity (Wildman–Crippen MR) is 196 cm³/mol. The van der Waals surface area contributed by atoms with Crippen LogP contribution in [0, 0.1) is 5.41 Å². The highest BCUT2D eigenvalue weighted by Crippen LogP contribution is 2.21. The van der Waals surface area contributed by atoms with Gasteiger partial charge in [-0.1, -0.05) is 134 Å². The molecule has 7 nitrogen and oxygen atoms in total. The molecule has 262 valence electrons.